The predicted octanol–water partition coefficient (Wildman–Crippen LogP) is 1.44. The van der Waals surface area contributed by atoms with E-state index in [2.05, 4.69) is 10.3 Å². The van der Waals surface area contributed by atoms with E-state index in [1.807, 2.05) is 6.92 Å². The normalized spacial score (nSPS) is 13.7. The van der Waals surface area contributed by atoms with E-state index in [0.29, 0.717) is 23.7 Å². The van der Waals surface area contributed by atoms with Gasteiger partial charge in [-0.05, 0) is 26.0 Å². The number of hydrogen-bond donors (Lipinski definition) is 1. The molecular formula is C12H18N2O3S. The predicted molar refractivity (Wildman–Crippen MR) is 72.2 cm³/mol. The highest BCUT2D eigenvalue weighted by atomic mass is 32.2. The molecule has 1 heterocycles. The summed E-state index contributed by atoms with van der Waals surface area (Å²) in [6.45, 7) is 4.04. The maximum absolute atomic E-state index is 11.4. The zero-order valence-electron chi connectivity index (χ0n) is 10.8. The molecule has 2 unspecified atom stereocenters. The molecule has 0 saturated heterocycles. The number of aromatic nitrogens is 1. The molecule has 0 aliphatic rings. The monoisotopic (exact) mass is 270 g/mol. The lowest BCUT2D eigenvalue weighted by Gasteiger charge is -2.12. The molecule has 5 nitrogen and oxygen atoms in total. The summed E-state index contributed by atoms with van der Waals surface area (Å²) in [7, 11) is -0.848. The quantitative estimate of drug-likeness (QED) is 0.792. The van der Waals surface area contributed by atoms with E-state index in [1.54, 1.807) is 25.3 Å². The summed E-state index contributed by atoms with van der Waals surface area (Å²) in [6.07, 6.45) is 3.13. The molecule has 1 aromatic rings. The van der Waals surface area contributed by atoms with E-state index < -0.39 is 10.8 Å². The lowest BCUT2D eigenvalue weighted by atomic mass is 10.3. The molecule has 0 aliphatic carbocycles. The minimum Gasteiger partial charge on any atom is -0.462 e. The molecule has 1 aromatic heterocycles. The Morgan fingerprint density at radius 2 is 2.28 bits per heavy atom. The van der Waals surface area contributed by atoms with Crippen molar-refractivity contribution >= 4 is 22.6 Å². The summed E-state index contributed by atoms with van der Waals surface area (Å²) in [5.74, 6) is 0.835. The Morgan fingerprint density at radius 3 is 2.78 bits per heavy atom. The standard InChI is InChI=1S/C12H18N2O3S/c1-4-17-12(15)10-5-6-11(13-7-10)14-9(2)8-18(3)16/h5-7,9H,4,8H2,1-3H3,(H,13,14). The fourth-order valence-corrected chi connectivity index (χ4v) is 2.25. The summed E-state index contributed by atoms with van der Waals surface area (Å²) in [4.78, 5) is 15.5. The van der Waals surface area contributed by atoms with E-state index in [0.717, 1.165) is 0 Å². The Balaban J connectivity index is 2.60. The third kappa shape index (κ3) is 4.83. The van der Waals surface area contributed by atoms with Crippen molar-refractivity contribution in [3.05, 3.63) is 23.9 Å². The zero-order valence-corrected chi connectivity index (χ0v) is 11.6. The van der Waals surface area contributed by atoms with Crippen LogP contribution in [0.5, 0.6) is 0 Å². The summed E-state index contributed by atoms with van der Waals surface area (Å²) in [5, 5.41) is 3.12. The largest absolute Gasteiger partial charge is 0.462 e. The van der Waals surface area contributed by atoms with Gasteiger partial charge in [-0.2, -0.15) is 0 Å². The maximum atomic E-state index is 11.4. The highest BCUT2D eigenvalue weighted by Gasteiger charge is 2.08. The summed E-state index contributed by atoms with van der Waals surface area (Å²) in [5.41, 5.74) is 0.425. The smallest absolute Gasteiger partial charge is 0.339 e. The van der Waals surface area contributed by atoms with Gasteiger partial charge in [-0.3, -0.25) is 4.21 Å². The Hall–Kier alpha value is -1.43. The van der Waals surface area contributed by atoms with Gasteiger partial charge < -0.3 is 10.1 Å². The zero-order chi connectivity index (χ0) is 13.5. The van der Waals surface area contributed by atoms with Gasteiger partial charge in [0.05, 0.1) is 12.2 Å². The molecule has 0 aromatic carbocycles. The minimum absolute atomic E-state index is 0.0665. The molecular weight excluding hydrogens is 252 g/mol. The van der Waals surface area contributed by atoms with Gasteiger partial charge in [0, 0.05) is 35.0 Å². The lowest BCUT2D eigenvalue weighted by Crippen LogP contribution is -2.22. The van der Waals surface area contributed by atoms with Gasteiger partial charge in [-0.15, -0.1) is 0 Å². The molecule has 6 heteroatoms. The second kappa shape index (κ2) is 7.10. The third-order valence-corrected chi connectivity index (χ3v) is 3.12. The van der Waals surface area contributed by atoms with Crippen LogP contribution in [0, 0.1) is 0 Å². The van der Waals surface area contributed by atoms with Crippen LogP contribution < -0.4 is 5.32 Å². The van der Waals surface area contributed by atoms with Crippen molar-refractivity contribution in [2.45, 2.75) is 19.9 Å². The van der Waals surface area contributed by atoms with E-state index in [4.69, 9.17) is 4.74 Å². The van der Waals surface area contributed by atoms with Crippen molar-refractivity contribution in [1.82, 2.24) is 4.98 Å². The number of anilines is 1. The first-order valence-electron chi connectivity index (χ1n) is 5.72. The molecule has 2 atom stereocenters. The van der Waals surface area contributed by atoms with Crippen molar-refractivity contribution in [1.29, 1.82) is 0 Å². The summed E-state index contributed by atoms with van der Waals surface area (Å²) >= 11 is 0. The number of ether oxygens (including phenoxy) is 1. The van der Waals surface area contributed by atoms with E-state index in [1.165, 1.54) is 6.20 Å². The highest BCUT2D eigenvalue weighted by molar-refractivity contribution is 7.84. The van der Waals surface area contributed by atoms with E-state index in [-0.39, 0.29) is 12.0 Å². The van der Waals surface area contributed by atoms with Crippen LogP contribution in [0.2, 0.25) is 0 Å². The number of nitrogens with zero attached hydrogens (tertiary/aromatic N) is 1. The number of pyridine rings is 1. The number of carbonyl (C=O) groups excluding carboxylic acids is 1. The van der Waals surface area contributed by atoms with Crippen LogP contribution >= 0.6 is 0 Å². The van der Waals surface area contributed by atoms with Crippen molar-refractivity contribution in [2.75, 3.05) is 23.9 Å². The first-order chi connectivity index (χ1) is 8.52. The minimum atomic E-state index is -0.848. The summed E-state index contributed by atoms with van der Waals surface area (Å²) < 4.78 is 15.9. The van der Waals surface area contributed by atoms with Gasteiger partial charge in [0.2, 0.25) is 0 Å². The van der Waals surface area contributed by atoms with Crippen LogP contribution in [0.1, 0.15) is 24.2 Å². The van der Waals surface area contributed by atoms with Gasteiger partial charge in [0.1, 0.15) is 5.82 Å². The fourth-order valence-electron chi connectivity index (χ4n) is 1.46. The molecule has 18 heavy (non-hydrogen) atoms. The van der Waals surface area contributed by atoms with Gasteiger partial charge in [-0.1, -0.05) is 0 Å². The average molecular weight is 270 g/mol. The second-order valence-electron chi connectivity index (χ2n) is 3.94. The Morgan fingerprint density at radius 1 is 1.56 bits per heavy atom. The lowest BCUT2D eigenvalue weighted by molar-refractivity contribution is 0.0526. The first kappa shape index (κ1) is 14.6. The Labute approximate surface area is 109 Å². The maximum Gasteiger partial charge on any atom is 0.339 e. The van der Waals surface area contributed by atoms with Crippen LogP contribution in [0.25, 0.3) is 0 Å². The number of esters is 1. The molecule has 0 radical (unpaired) electrons. The number of nitrogens with one attached hydrogen (secondary N) is 1. The van der Waals surface area contributed by atoms with Crippen molar-refractivity contribution in [3.63, 3.8) is 0 Å². The summed E-state index contributed by atoms with van der Waals surface area (Å²) in [6, 6.07) is 3.43. The molecule has 0 aliphatic heterocycles. The SMILES string of the molecule is CCOC(=O)c1ccc(NC(C)CS(C)=O)nc1. The van der Waals surface area contributed by atoms with Gasteiger partial charge in [0.15, 0.2) is 0 Å². The van der Waals surface area contributed by atoms with Crippen LogP contribution in [-0.4, -0.2) is 39.8 Å². The van der Waals surface area contributed by atoms with Crippen LogP contribution in [-0.2, 0) is 15.5 Å². The van der Waals surface area contributed by atoms with Crippen molar-refractivity contribution in [2.24, 2.45) is 0 Å². The second-order valence-corrected chi connectivity index (χ2v) is 5.42. The molecule has 1 N–H and O–H groups in total. The molecule has 100 valence electrons. The Bertz CT molecular complexity index is 420. The number of carbonyl (C=O) groups is 1. The number of hydrogen-bond acceptors (Lipinski definition) is 5. The molecule has 0 spiro atoms. The molecule has 0 fully saturated rings. The van der Waals surface area contributed by atoms with Crippen molar-refractivity contribution < 1.29 is 13.7 Å². The topological polar surface area (TPSA) is 68.3 Å². The van der Waals surface area contributed by atoms with Crippen LogP contribution in [0.4, 0.5) is 5.82 Å². The fraction of sp³-hybridized carbons (Fsp3) is 0.500. The van der Waals surface area contributed by atoms with Crippen LogP contribution in [0.15, 0.2) is 18.3 Å². The van der Waals surface area contributed by atoms with Crippen molar-refractivity contribution in [3.8, 4) is 0 Å². The number of rotatable bonds is 6. The average Bonchev–Trinajstić information content (AvgIpc) is 2.29. The van der Waals surface area contributed by atoms with E-state index in [9.17, 15) is 9.00 Å². The van der Waals surface area contributed by atoms with Gasteiger partial charge in [-0.25, -0.2) is 9.78 Å². The van der Waals surface area contributed by atoms with Gasteiger partial charge in [0.25, 0.3) is 0 Å². The highest BCUT2D eigenvalue weighted by Crippen LogP contribution is 2.08. The van der Waals surface area contributed by atoms with E-state index >= 15 is 0 Å². The molecule has 1 rings (SSSR count). The van der Waals surface area contributed by atoms with Crippen LogP contribution in [0.3, 0.4) is 0 Å². The molecule has 0 saturated carbocycles. The third-order valence-electron chi connectivity index (χ3n) is 2.15. The Kier molecular flexibility index (Phi) is 5.77. The first-order valence-corrected chi connectivity index (χ1v) is 7.45. The molecule has 0 bridgehead atoms. The molecule has 0 amide bonds. The van der Waals surface area contributed by atoms with Gasteiger partial charge >= 0.3 is 5.97 Å².